The van der Waals surface area contributed by atoms with Gasteiger partial charge in [-0.05, 0) is 60.4 Å². The van der Waals surface area contributed by atoms with Crippen LogP contribution in [0.3, 0.4) is 0 Å². The van der Waals surface area contributed by atoms with Crippen LogP contribution in [-0.4, -0.2) is 114 Å². The van der Waals surface area contributed by atoms with E-state index in [0.717, 1.165) is 16.8 Å². The highest BCUT2D eigenvalue weighted by Gasteiger charge is 2.45. The summed E-state index contributed by atoms with van der Waals surface area (Å²) in [7, 11) is 0. The van der Waals surface area contributed by atoms with E-state index in [1.165, 1.54) is 4.80 Å². The third-order valence-corrected chi connectivity index (χ3v) is 10.7. The fourth-order valence-corrected chi connectivity index (χ4v) is 7.55. The number of hydrogen-bond acceptors (Lipinski definition) is 14. The van der Waals surface area contributed by atoms with Gasteiger partial charge in [0, 0.05) is 38.0 Å². The number of carbonyl (C=O) groups excluding carboxylic acids is 1. The molecule has 1 aliphatic heterocycles. The Morgan fingerprint density at radius 2 is 1.71 bits per heavy atom. The Hall–Kier alpha value is -6.34. The number of benzene rings is 2. The maximum Gasteiger partial charge on any atom is 0.315 e. The molecule has 0 radical (unpaired) electrons. The second kappa shape index (κ2) is 15.4. The molecule has 2 amide bonds. The van der Waals surface area contributed by atoms with Crippen LogP contribution in [0.1, 0.15) is 73.4 Å². The largest absolute Gasteiger partial charge is 0.508 e. The van der Waals surface area contributed by atoms with Crippen LogP contribution in [-0.2, 0) is 6.42 Å². The number of fused-ring (bicyclic) bond motifs is 1. The molecule has 1 aliphatic carbocycles. The molecule has 0 spiro atoms. The number of hydrogen-bond donors (Lipinski definition) is 8. The minimum atomic E-state index is -1.18. The summed E-state index contributed by atoms with van der Waals surface area (Å²) in [5.41, 5.74) is 3.55. The zero-order valence-electron chi connectivity index (χ0n) is 30.8. The van der Waals surface area contributed by atoms with E-state index in [0.29, 0.717) is 67.7 Å². The van der Waals surface area contributed by atoms with Crippen molar-refractivity contribution in [3.05, 3.63) is 90.0 Å². The number of rotatable bonds is 12. The Labute approximate surface area is 320 Å². The standard InChI is InChI=1S/C37H44N14O5/c1-3-30-46-48-51(47-30)29-14-28(32(54)33(29)55)50-19-41-31-34(39-15-26(21-4-8-24(52)9-5-21)22-6-10-25(53)11-7-22)44-36(45-35(31)50)49-13-12-23(17-49)43-37(56)42-20(2)27-16-38-18-40-27/h4-11,16,18-20,23,26,28-29,32-33,52-55H,3,12-15,17H2,1-2H3,(H,38,40)(H,39,44,45)(H2,42,43,56)/t20?,23?,28-,29+,32+,33-/m1/s1. The molecule has 4 aromatic heterocycles. The number of imidazole rings is 2. The second-order valence-electron chi connectivity index (χ2n) is 14.3. The number of anilines is 2. The lowest BCUT2D eigenvalue weighted by Crippen LogP contribution is -2.44. The molecule has 2 fully saturated rings. The number of aliphatic hydroxyl groups excluding tert-OH is 2. The summed E-state index contributed by atoms with van der Waals surface area (Å²) in [6.45, 7) is 5.15. The van der Waals surface area contributed by atoms with E-state index in [9.17, 15) is 25.2 Å². The average molecular weight is 765 g/mol. The molecule has 2 aliphatic rings. The number of tetrazole rings is 1. The van der Waals surface area contributed by atoms with Crippen LogP contribution in [0.5, 0.6) is 11.5 Å². The van der Waals surface area contributed by atoms with Gasteiger partial charge in [-0.1, -0.05) is 31.2 Å². The van der Waals surface area contributed by atoms with Gasteiger partial charge in [-0.2, -0.15) is 14.8 Å². The number of aromatic hydroxyl groups is 2. The summed E-state index contributed by atoms with van der Waals surface area (Å²) < 4.78 is 1.77. The first-order valence-electron chi connectivity index (χ1n) is 18.7. The molecule has 19 nitrogen and oxygen atoms in total. The van der Waals surface area contributed by atoms with Crippen LogP contribution in [0.2, 0.25) is 0 Å². The number of phenolic OH excluding ortho intramolecular Hbond substituents is 2. The Bertz CT molecular complexity index is 2220. The molecular formula is C37H44N14O5. The monoisotopic (exact) mass is 764 g/mol. The summed E-state index contributed by atoms with van der Waals surface area (Å²) >= 11 is 0. The lowest BCUT2D eigenvalue weighted by molar-refractivity contribution is 0.00473. The Balaban J connectivity index is 1.10. The van der Waals surface area contributed by atoms with Crippen molar-refractivity contribution in [2.75, 3.05) is 29.9 Å². The van der Waals surface area contributed by atoms with Gasteiger partial charge >= 0.3 is 6.03 Å². The Morgan fingerprint density at radius 3 is 2.38 bits per heavy atom. The number of aryl methyl sites for hydroxylation is 1. The van der Waals surface area contributed by atoms with Gasteiger partial charge in [0.15, 0.2) is 22.8 Å². The van der Waals surface area contributed by atoms with Crippen LogP contribution in [0.4, 0.5) is 16.6 Å². The lowest BCUT2D eigenvalue weighted by Gasteiger charge is -2.22. The summed E-state index contributed by atoms with van der Waals surface area (Å²) in [5, 5.41) is 64.7. The molecule has 292 valence electrons. The van der Waals surface area contributed by atoms with Crippen molar-refractivity contribution in [2.24, 2.45) is 0 Å². The first-order chi connectivity index (χ1) is 27.1. The van der Waals surface area contributed by atoms with Crippen molar-refractivity contribution in [1.82, 2.24) is 60.3 Å². The molecule has 8 rings (SSSR count). The third kappa shape index (κ3) is 7.37. The van der Waals surface area contributed by atoms with Crippen LogP contribution in [0, 0.1) is 0 Å². The molecule has 6 aromatic rings. The minimum Gasteiger partial charge on any atom is -0.508 e. The van der Waals surface area contributed by atoms with Crippen molar-refractivity contribution >= 4 is 29.0 Å². The van der Waals surface area contributed by atoms with Gasteiger partial charge in [-0.15, -0.1) is 10.2 Å². The van der Waals surface area contributed by atoms with Gasteiger partial charge < -0.3 is 50.8 Å². The first kappa shape index (κ1) is 36.6. The van der Waals surface area contributed by atoms with Gasteiger partial charge in [0.25, 0.3) is 0 Å². The van der Waals surface area contributed by atoms with Crippen molar-refractivity contribution in [1.29, 1.82) is 0 Å². The minimum absolute atomic E-state index is 0.147. The summed E-state index contributed by atoms with van der Waals surface area (Å²) in [5.74, 6) is 1.47. The van der Waals surface area contributed by atoms with Gasteiger partial charge in [0.05, 0.1) is 36.6 Å². The average Bonchev–Trinajstić information content (AvgIpc) is 4.05. The predicted octanol–water partition coefficient (Wildman–Crippen LogP) is 2.30. The van der Waals surface area contributed by atoms with Gasteiger partial charge in [0.2, 0.25) is 5.95 Å². The quantitative estimate of drug-likeness (QED) is 0.0891. The van der Waals surface area contributed by atoms with E-state index in [-0.39, 0.29) is 35.5 Å². The van der Waals surface area contributed by atoms with E-state index in [4.69, 9.17) is 15.0 Å². The SMILES string of the molecule is CCc1nnn([C@H]2C[C@@H](n3cnc4c(NCC(c5ccc(O)cc5)c5ccc(O)cc5)nc(N5CCC(NC(=O)NC(C)c6cnc[nH]6)C5)nc43)[C@H](O)[C@@H]2O)n1. The van der Waals surface area contributed by atoms with E-state index in [1.54, 1.807) is 47.7 Å². The molecule has 8 N–H and O–H groups in total. The summed E-state index contributed by atoms with van der Waals surface area (Å²) in [6, 6.07) is 11.9. The van der Waals surface area contributed by atoms with E-state index in [2.05, 4.69) is 41.3 Å². The zero-order valence-corrected chi connectivity index (χ0v) is 30.8. The summed E-state index contributed by atoms with van der Waals surface area (Å²) in [4.78, 5) is 38.1. The molecule has 5 heterocycles. The summed E-state index contributed by atoms with van der Waals surface area (Å²) in [6.07, 6.45) is 4.01. The maximum absolute atomic E-state index is 12.9. The topological polar surface area (TPSA) is 253 Å². The fourth-order valence-electron chi connectivity index (χ4n) is 7.55. The number of phenols is 2. The van der Waals surface area contributed by atoms with E-state index >= 15 is 0 Å². The van der Waals surface area contributed by atoms with Crippen LogP contribution in [0.15, 0.2) is 67.4 Å². The smallest absolute Gasteiger partial charge is 0.315 e. The highest BCUT2D eigenvalue weighted by atomic mass is 16.3. The highest BCUT2D eigenvalue weighted by Crippen LogP contribution is 2.40. The lowest BCUT2D eigenvalue weighted by atomic mass is 9.91. The maximum atomic E-state index is 12.9. The fraction of sp³-hybridized carbons (Fsp3) is 0.405. The van der Waals surface area contributed by atoms with Crippen LogP contribution < -0.4 is 20.9 Å². The van der Waals surface area contributed by atoms with Crippen molar-refractivity contribution in [3.8, 4) is 11.5 Å². The number of carbonyl (C=O) groups is 1. The van der Waals surface area contributed by atoms with Crippen LogP contribution in [0.25, 0.3) is 11.2 Å². The molecule has 2 unspecified atom stereocenters. The molecule has 1 saturated heterocycles. The number of nitrogens with zero attached hydrogens (tertiary/aromatic N) is 10. The number of aromatic amines is 1. The number of nitrogens with one attached hydrogen (secondary N) is 4. The molecule has 19 heteroatoms. The van der Waals surface area contributed by atoms with Crippen molar-refractivity contribution in [2.45, 2.75) is 75.4 Å². The normalized spacial score (nSPS) is 21.5. The number of H-pyrrole nitrogens is 1. The number of amides is 2. The Kier molecular flexibility index (Phi) is 10.1. The van der Waals surface area contributed by atoms with Crippen molar-refractivity contribution in [3.63, 3.8) is 0 Å². The Morgan fingerprint density at radius 1 is 1.00 bits per heavy atom. The van der Waals surface area contributed by atoms with Gasteiger partial charge in [-0.25, -0.2) is 14.8 Å². The number of aliphatic hydroxyl groups is 2. The molecule has 56 heavy (non-hydrogen) atoms. The third-order valence-electron chi connectivity index (χ3n) is 10.7. The van der Waals surface area contributed by atoms with Crippen molar-refractivity contribution < 1.29 is 25.2 Å². The molecule has 6 atom stereocenters. The highest BCUT2D eigenvalue weighted by molar-refractivity contribution is 5.84. The van der Waals surface area contributed by atoms with Crippen LogP contribution >= 0.6 is 0 Å². The molecule has 2 aromatic carbocycles. The molecule has 1 saturated carbocycles. The molecule has 0 bridgehead atoms. The van der Waals surface area contributed by atoms with Gasteiger partial charge in [0.1, 0.15) is 29.7 Å². The second-order valence-corrected chi connectivity index (χ2v) is 14.3. The van der Waals surface area contributed by atoms with Gasteiger partial charge in [-0.3, -0.25) is 0 Å². The van der Waals surface area contributed by atoms with E-state index < -0.39 is 24.3 Å². The zero-order chi connectivity index (χ0) is 38.9. The van der Waals surface area contributed by atoms with E-state index in [1.807, 2.05) is 43.0 Å². The number of urea groups is 1. The molecular weight excluding hydrogens is 720 g/mol. The number of aromatic nitrogens is 10. The first-order valence-corrected chi connectivity index (χ1v) is 18.7. The predicted molar refractivity (Wildman–Crippen MR) is 203 cm³/mol.